The maximum Gasteiger partial charge on any atom is 0.210 e. The van der Waals surface area contributed by atoms with Crippen LogP contribution in [0.25, 0.3) is 0 Å². The number of hydrogen-bond acceptors (Lipinski definition) is 2. The summed E-state index contributed by atoms with van der Waals surface area (Å²) in [4.78, 5) is 13.0. The molecule has 3 heteroatoms. The standard InChI is InChI=1S/C13H18N2O/c14-12-7-4-8-13(12)15(10-16)9-11-5-2-1-3-6-11/h1-3,5-6,10,12-13H,4,7-9,14H2. The highest BCUT2D eigenvalue weighted by molar-refractivity contribution is 5.48. The number of amides is 1. The third kappa shape index (κ3) is 2.42. The Labute approximate surface area is 96.2 Å². The monoisotopic (exact) mass is 218 g/mol. The van der Waals surface area contributed by atoms with Crippen LogP contribution in [0.5, 0.6) is 0 Å². The van der Waals surface area contributed by atoms with Gasteiger partial charge in [0.1, 0.15) is 0 Å². The highest BCUT2D eigenvalue weighted by Crippen LogP contribution is 2.23. The van der Waals surface area contributed by atoms with Gasteiger partial charge >= 0.3 is 0 Å². The molecular formula is C13H18N2O. The van der Waals surface area contributed by atoms with Gasteiger partial charge in [-0.1, -0.05) is 30.3 Å². The van der Waals surface area contributed by atoms with E-state index in [-0.39, 0.29) is 12.1 Å². The van der Waals surface area contributed by atoms with Gasteiger partial charge in [0.05, 0.1) is 0 Å². The van der Waals surface area contributed by atoms with E-state index in [2.05, 4.69) is 0 Å². The summed E-state index contributed by atoms with van der Waals surface area (Å²) in [6.07, 6.45) is 4.13. The van der Waals surface area contributed by atoms with Crippen molar-refractivity contribution in [1.29, 1.82) is 0 Å². The predicted octanol–water partition coefficient (Wildman–Crippen LogP) is 1.52. The van der Waals surface area contributed by atoms with E-state index in [4.69, 9.17) is 5.73 Å². The molecule has 1 aromatic carbocycles. The van der Waals surface area contributed by atoms with Gasteiger partial charge in [-0.3, -0.25) is 4.79 Å². The fourth-order valence-corrected chi connectivity index (χ4v) is 2.41. The summed E-state index contributed by atoms with van der Waals surface area (Å²) >= 11 is 0. The van der Waals surface area contributed by atoms with E-state index in [0.29, 0.717) is 6.54 Å². The lowest BCUT2D eigenvalue weighted by Crippen LogP contribution is -2.43. The van der Waals surface area contributed by atoms with Crippen molar-refractivity contribution in [2.75, 3.05) is 0 Å². The van der Waals surface area contributed by atoms with E-state index in [1.165, 1.54) is 0 Å². The molecule has 0 heterocycles. The van der Waals surface area contributed by atoms with Crippen molar-refractivity contribution in [1.82, 2.24) is 4.90 Å². The van der Waals surface area contributed by atoms with Gasteiger partial charge in [0.15, 0.2) is 0 Å². The third-order valence-corrected chi connectivity index (χ3v) is 3.30. The lowest BCUT2D eigenvalue weighted by Gasteiger charge is -2.28. The van der Waals surface area contributed by atoms with Gasteiger partial charge in [-0.05, 0) is 24.8 Å². The fourth-order valence-electron chi connectivity index (χ4n) is 2.41. The van der Waals surface area contributed by atoms with Crippen molar-refractivity contribution < 1.29 is 4.79 Å². The van der Waals surface area contributed by atoms with E-state index in [0.717, 1.165) is 31.2 Å². The van der Waals surface area contributed by atoms with Crippen LogP contribution >= 0.6 is 0 Å². The van der Waals surface area contributed by atoms with Crippen LogP contribution in [0.2, 0.25) is 0 Å². The zero-order valence-corrected chi connectivity index (χ0v) is 9.38. The first-order valence-corrected chi connectivity index (χ1v) is 5.82. The van der Waals surface area contributed by atoms with Gasteiger partial charge in [0.25, 0.3) is 0 Å². The van der Waals surface area contributed by atoms with E-state index in [1.807, 2.05) is 35.2 Å². The first kappa shape index (κ1) is 11.1. The minimum Gasteiger partial charge on any atom is -0.336 e. The highest BCUT2D eigenvalue weighted by atomic mass is 16.1. The van der Waals surface area contributed by atoms with Crippen LogP contribution in [0.15, 0.2) is 30.3 Å². The molecule has 1 aliphatic carbocycles. The normalized spacial score (nSPS) is 24.3. The lowest BCUT2D eigenvalue weighted by molar-refractivity contribution is -0.121. The maximum atomic E-state index is 11.1. The Balaban J connectivity index is 2.03. The van der Waals surface area contributed by atoms with E-state index in [1.54, 1.807) is 0 Å². The van der Waals surface area contributed by atoms with Gasteiger partial charge < -0.3 is 10.6 Å². The maximum absolute atomic E-state index is 11.1. The molecule has 1 aromatic rings. The fraction of sp³-hybridized carbons (Fsp3) is 0.462. The summed E-state index contributed by atoms with van der Waals surface area (Å²) in [5.74, 6) is 0. The third-order valence-electron chi connectivity index (χ3n) is 3.30. The largest absolute Gasteiger partial charge is 0.336 e. The molecule has 0 aliphatic heterocycles. The zero-order chi connectivity index (χ0) is 11.4. The molecule has 2 N–H and O–H groups in total. The molecule has 0 aromatic heterocycles. The van der Waals surface area contributed by atoms with Crippen LogP contribution in [0.4, 0.5) is 0 Å². The van der Waals surface area contributed by atoms with Gasteiger partial charge in [0.2, 0.25) is 6.41 Å². The average molecular weight is 218 g/mol. The molecule has 2 rings (SSSR count). The summed E-state index contributed by atoms with van der Waals surface area (Å²) in [6, 6.07) is 10.4. The number of carbonyl (C=O) groups excluding carboxylic acids is 1. The quantitative estimate of drug-likeness (QED) is 0.779. The zero-order valence-electron chi connectivity index (χ0n) is 9.38. The second kappa shape index (κ2) is 5.12. The average Bonchev–Trinajstić information content (AvgIpc) is 2.74. The summed E-state index contributed by atoms with van der Waals surface area (Å²) in [7, 11) is 0. The minimum atomic E-state index is 0.147. The Bertz CT molecular complexity index is 339. The molecule has 0 spiro atoms. The highest BCUT2D eigenvalue weighted by Gasteiger charge is 2.28. The summed E-state index contributed by atoms with van der Waals surface area (Å²) in [6.45, 7) is 0.669. The molecule has 16 heavy (non-hydrogen) atoms. The molecule has 86 valence electrons. The lowest BCUT2D eigenvalue weighted by atomic mass is 10.1. The number of nitrogens with zero attached hydrogens (tertiary/aromatic N) is 1. The summed E-state index contributed by atoms with van der Waals surface area (Å²) in [5.41, 5.74) is 7.17. The van der Waals surface area contributed by atoms with Crippen LogP contribution in [-0.2, 0) is 11.3 Å². The first-order chi connectivity index (χ1) is 7.81. The molecule has 0 radical (unpaired) electrons. The van der Waals surface area contributed by atoms with Crippen molar-refractivity contribution in [2.45, 2.75) is 37.9 Å². The van der Waals surface area contributed by atoms with Gasteiger partial charge in [-0.25, -0.2) is 0 Å². The molecule has 1 amide bonds. The van der Waals surface area contributed by atoms with Crippen molar-refractivity contribution in [3.05, 3.63) is 35.9 Å². The van der Waals surface area contributed by atoms with Crippen LogP contribution in [0.3, 0.4) is 0 Å². The van der Waals surface area contributed by atoms with Crippen molar-refractivity contribution in [3.8, 4) is 0 Å². The number of rotatable bonds is 4. The minimum absolute atomic E-state index is 0.147. The molecule has 1 saturated carbocycles. The van der Waals surface area contributed by atoms with E-state index < -0.39 is 0 Å². The Morgan fingerprint density at radius 2 is 2.06 bits per heavy atom. The molecule has 2 atom stereocenters. The number of nitrogens with two attached hydrogens (primary N) is 1. The molecule has 3 nitrogen and oxygen atoms in total. The molecule has 1 fully saturated rings. The smallest absolute Gasteiger partial charge is 0.210 e. The molecule has 2 unspecified atom stereocenters. The second-order valence-corrected chi connectivity index (χ2v) is 4.43. The van der Waals surface area contributed by atoms with Crippen LogP contribution < -0.4 is 5.73 Å². The van der Waals surface area contributed by atoms with Gasteiger partial charge in [-0.15, -0.1) is 0 Å². The Morgan fingerprint density at radius 3 is 2.62 bits per heavy atom. The second-order valence-electron chi connectivity index (χ2n) is 4.43. The Morgan fingerprint density at radius 1 is 1.31 bits per heavy atom. The van der Waals surface area contributed by atoms with Crippen LogP contribution in [0.1, 0.15) is 24.8 Å². The van der Waals surface area contributed by atoms with Crippen molar-refractivity contribution >= 4 is 6.41 Å². The van der Waals surface area contributed by atoms with Gasteiger partial charge in [-0.2, -0.15) is 0 Å². The van der Waals surface area contributed by atoms with Crippen molar-refractivity contribution in [2.24, 2.45) is 5.73 Å². The van der Waals surface area contributed by atoms with Gasteiger partial charge in [0, 0.05) is 18.6 Å². The summed E-state index contributed by atoms with van der Waals surface area (Å²) < 4.78 is 0. The van der Waals surface area contributed by atoms with Crippen LogP contribution in [-0.4, -0.2) is 23.4 Å². The van der Waals surface area contributed by atoms with E-state index in [9.17, 15) is 4.79 Å². The number of carbonyl (C=O) groups is 1. The van der Waals surface area contributed by atoms with E-state index >= 15 is 0 Å². The topological polar surface area (TPSA) is 46.3 Å². The van der Waals surface area contributed by atoms with Crippen LogP contribution in [0, 0.1) is 0 Å². The summed E-state index contributed by atoms with van der Waals surface area (Å²) in [5, 5.41) is 0. The predicted molar refractivity (Wildman–Crippen MR) is 63.7 cm³/mol. The SMILES string of the molecule is NC1CCCC1N(C=O)Cc1ccccc1. The first-order valence-electron chi connectivity index (χ1n) is 5.82. The Kier molecular flexibility index (Phi) is 3.57. The number of hydrogen-bond donors (Lipinski definition) is 1. The molecule has 1 aliphatic rings. The van der Waals surface area contributed by atoms with Crippen molar-refractivity contribution in [3.63, 3.8) is 0 Å². The Hall–Kier alpha value is -1.35. The molecular weight excluding hydrogens is 200 g/mol. The molecule has 0 bridgehead atoms. The number of benzene rings is 1. The molecule has 0 saturated heterocycles.